The van der Waals surface area contributed by atoms with Crippen LogP contribution in [0.25, 0.3) is 0 Å². The average Bonchev–Trinajstić information content (AvgIpc) is 2.43. The molecule has 0 aromatic heterocycles. The molecule has 0 spiro atoms. The lowest BCUT2D eigenvalue weighted by Gasteiger charge is -2.04. The first kappa shape index (κ1) is 18.9. The number of aromatic hydroxyl groups is 4. The van der Waals surface area contributed by atoms with E-state index in [-0.39, 0.29) is 22.1 Å². The lowest BCUT2D eigenvalue weighted by molar-refractivity contribution is 0.0816. The van der Waals surface area contributed by atoms with Gasteiger partial charge in [0.15, 0.2) is 23.0 Å². The van der Waals surface area contributed by atoms with Crippen molar-refractivity contribution in [2.75, 3.05) is 0 Å². The van der Waals surface area contributed by atoms with Gasteiger partial charge in [0.25, 0.3) is 0 Å². The Kier molecular flexibility index (Phi) is 6.07. The van der Waals surface area contributed by atoms with E-state index in [1.54, 1.807) is 0 Å². The fraction of sp³-hybridized carbons (Fsp3) is 0. The monoisotopic (exact) mass is 310 g/mol. The second-order valence-corrected chi connectivity index (χ2v) is 4.07. The normalized spacial score (nSPS) is 9.27. The summed E-state index contributed by atoms with van der Waals surface area (Å²) in [6, 6.07) is 6.49. The number of hydrogen-bond acceptors (Lipinski definition) is 6. The number of benzene rings is 2. The van der Waals surface area contributed by atoms with Crippen LogP contribution in [0.5, 0.6) is 23.0 Å². The van der Waals surface area contributed by atoms with E-state index in [4.69, 9.17) is 10.2 Å². The Morgan fingerprint density at radius 1 is 0.591 bits per heavy atom. The molecule has 118 valence electrons. The van der Waals surface area contributed by atoms with Crippen LogP contribution in [-0.2, 0) is 0 Å². The molecule has 8 nitrogen and oxygen atoms in total. The standard InChI is InChI=1S/C14H10O6.2H2O/c15-9-3-1-7(5-11(9)17)13(19)14(20)8-2-4-10(16)12(18)6-8;;/h1-6,15-18H;2*1H2. The summed E-state index contributed by atoms with van der Waals surface area (Å²) in [6.07, 6.45) is 0. The van der Waals surface area contributed by atoms with Crippen molar-refractivity contribution in [3.63, 3.8) is 0 Å². The van der Waals surface area contributed by atoms with Crippen LogP contribution < -0.4 is 0 Å². The number of hydrogen-bond donors (Lipinski definition) is 4. The summed E-state index contributed by atoms with van der Waals surface area (Å²) in [5.41, 5.74) is -0.198. The van der Waals surface area contributed by atoms with E-state index in [0.29, 0.717) is 0 Å². The molecule has 0 unspecified atom stereocenters. The maximum atomic E-state index is 11.9. The van der Waals surface area contributed by atoms with Gasteiger partial charge in [0.2, 0.25) is 11.6 Å². The van der Waals surface area contributed by atoms with Gasteiger partial charge in [0.05, 0.1) is 0 Å². The summed E-state index contributed by atoms with van der Waals surface area (Å²) >= 11 is 0. The number of rotatable bonds is 3. The summed E-state index contributed by atoms with van der Waals surface area (Å²) in [4.78, 5) is 23.8. The van der Waals surface area contributed by atoms with Gasteiger partial charge >= 0.3 is 0 Å². The number of phenols is 4. The molecular formula is C14H14O8. The van der Waals surface area contributed by atoms with Crippen molar-refractivity contribution in [3.8, 4) is 23.0 Å². The number of ketones is 2. The third-order valence-corrected chi connectivity index (χ3v) is 2.68. The molecule has 0 atom stereocenters. The van der Waals surface area contributed by atoms with Crippen molar-refractivity contribution in [2.24, 2.45) is 0 Å². The van der Waals surface area contributed by atoms with E-state index in [2.05, 4.69) is 0 Å². The van der Waals surface area contributed by atoms with Crippen molar-refractivity contribution >= 4 is 11.6 Å². The fourth-order valence-corrected chi connectivity index (χ4v) is 1.59. The summed E-state index contributed by atoms with van der Waals surface area (Å²) in [5, 5.41) is 36.9. The lowest BCUT2D eigenvalue weighted by Crippen LogP contribution is -2.14. The molecule has 0 aliphatic heterocycles. The molecule has 2 aromatic rings. The summed E-state index contributed by atoms with van der Waals surface area (Å²) in [5.74, 6) is -3.67. The van der Waals surface area contributed by atoms with Gasteiger partial charge in [0.1, 0.15) is 0 Å². The predicted molar refractivity (Wildman–Crippen MR) is 75.4 cm³/mol. The first-order valence-corrected chi connectivity index (χ1v) is 5.53. The van der Waals surface area contributed by atoms with Crippen molar-refractivity contribution in [1.82, 2.24) is 0 Å². The number of carbonyl (C=O) groups is 2. The Labute approximate surface area is 124 Å². The van der Waals surface area contributed by atoms with Crippen molar-refractivity contribution < 1.29 is 41.0 Å². The minimum atomic E-state index is -0.912. The zero-order chi connectivity index (χ0) is 14.9. The van der Waals surface area contributed by atoms with Crippen LogP contribution >= 0.6 is 0 Å². The zero-order valence-corrected chi connectivity index (χ0v) is 11.1. The molecule has 0 fully saturated rings. The number of phenolic OH excluding ortho intramolecular Hbond substituents is 4. The van der Waals surface area contributed by atoms with Gasteiger partial charge in [-0.3, -0.25) is 9.59 Å². The highest BCUT2D eigenvalue weighted by atomic mass is 16.3. The molecule has 2 rings (SSSR count). The maximum absolute atomic E-state index is 11.9. The van der Waals surface area contributed by atoms with Gasteiger partial charge in [-0.15, -0.1) is 0 Å². The SMILES string of the molecule is O.O.O=C(C(=O)c1ccc(O)c(O)c1)c1ccc(O)c(O)c1. The van der Waals surface area contributed by atoms with Crippen LogP contribution in [0.2, 0.25) is 0 Å². The summed E-state index contributed by atoms with van der Waals surface area (Å²) in [7, 11) is 0. The van der Waals surface area contributed by atoms with Crippen LogP contribution in [0.1, 0.15) is 20.7 Å². The predicted octanol–water partition coefficient (Wildman–Crippen LogP) is -0.0748. The molecule has 0 bridgehead atoms. The maximum Gasteiger partial charge on any atom is 0.233 e. The largest absolute Gasteiger partial charge is 0.504 e. The van der Waals surface area contributed by atoms with Crippen LogP contribution in [0, 0.1) is 0 Å². The smallest absolute Gasteiger partial charge is 0.233 e. The highest BCUT2D eigenvalue weighted by Crippen LogP contribution is 2.27. The molecule has 8 heteroatoms. The van der Waals surface area contributed by atoms with E-state index in [1.807, 2.05) is 0 Å². The van der Waals surface area contributed by atoms with Gasteiger partial charge in [-0.05, 0) is 36.4 Å². The van der Waals surface area contributed by atoms with Gasteiger partial charge in [-0.2, -0.15) is 0 Å². The third-order valence-electron chi connectivity index (χ3n) is 2.68. The molecule has 0 radical (unpaired) electrons. The van der Waals surface area contributed by atoms with Crippen LogP contribution in [0.3, 0.4) is 0 Å². The van der Waals surface area contributed by atoms with Gasteiger partial charge in [-0.1, -0.05) is 0 Å². The minimum absolute atomic E-state index is 0. The van der Waals surface area contributed by atoms with Crippen LogP contribution in [0.15, 0.2) is 36.4 Å². The number of carbonyl (C=O) groups excluding carboxylic acids is 2. The lowest BCUT2D eigenvalue weighted by atomic mass is 10.0. The first-order valence-electron chi connectivity index (χ1n) is 5.53. The molecule has 0 amide bonds. The Morgan fingerprint density at radius 2 is 0.909 bits per heavy atom. The highest BCUT2D eigenvalue weighted by molar-refractivity contribution is 6.49. The quantitative estimate of drug-likeness (QED) is 0.350. The molecule has 22 heavy (non-hydrogen) atoms. The molecular weight excluding hydrogens is 296 g/mol. The molecule has 0 aliphatic rings. The fourth-order valence-electron chi connectivity index (χ4n) is 1.59. The van der Waals surface area contributed by atoms with E-state index in [0.717, 1.165) is 24.3 Å². The second kappa shape index (κ2) is 7.07. The molecule has 2 aromatic carbocycles. The van der Waals surface area contributed by atoms with Crippen molar-refractivity contribution in [1.29, 1.82) is 0 Å². The van der Waals surface area contributed by atoms with Crippen LogP contribution in [-0.4, -0.2) is 42.9 Å². The minimum Gasteiger partial charge on any atom is -0.504 e. The van der Waals surface area contributed by atoms with E-state index in [9.17, 15) is 19.8 Å². The molecule has 0 saturated carbocycles. The van der Waals surface area contributed by atoms with Crippen LogP contribution in [0.4, 0.5) is 0 Å². The van der Waals surface area contributed by atoms with Crippen molar-refractivity contribution in [2.45, 2.75) is 0 Å². The van der Waals surface area contributed by atoms with E-state index in [1.165, 1.54) is 12.1 Å². The highest BCUT2D eigenvalue weighted by Gasteiger charge is 2.20. The Hall–Kier alpha value is -3.10. The Bertz CT molecular complexity index is 646. The number of Topliss-reactive ketones (excluding diaryl/α,β-unsaturated/α-hetero) is 2. The average molecular weight is 310 g/mol. The van der Waals surface area contributed by atoms with Gasteiger partial charge in [0, 0.05) is 11.1 Å². The third kappa shape index (κ3) is 3.51. The second-order valence-electron chi connectivity index (χ2n) is 4.07. The van der Waals surface area contributed by atoms with E-state index < -0.39 is 34.6 Å². The van der Waals surface area contributed by atoms with Gasteiger partial charge in [-0.25, -0.2) is 0 Å². The van der Waals surface area contributed by atoms with Gasteiger partial charge < -0.3 is 31.4 Å². The molecule has 0 aliphatic carbocycles. The van der Waals surface area contributed by atoms with E-state index >= 15 is 0 Å². The summed E-state index contributed by atoms with van der Waals surface area (Å²) < 4.78 is 0. The summed E-state index contributed by atoms with van der Waals surface area (Å²) in [6.45, 7) is 0. The molecule has 8 N–H and O–H groups in total. The first-order chi connectivity index (χ1) is 9.40. The molecule has 0 heterocycles. The Morgan fingerprint density at radius 3 is 1.18 bits per heavy atom. The van der Waals surface area contributed by atoms with Crippen molar-refractivity contribution in [3.05, 3.63) is 47.5 Å². The zero-order valence-electron chi connectivity index (χ0n) is 11.1. The molecule has 0 saturated heterocycles. The Balaban J connectivity index is 0.00000220. The topological polar surface area (TPSA) is 178 Å².